The quantitative estimate of drug-likeness (QED) is 0.509. The number of benzene rings is 2. The largest absolute Gasteiger partial charge is 0.359 e. The normalized spacial score (nSPS) is 8.00. The van der Waals surface area contributed by atoms with Crippen LogP contribution in [0.2, 0.25) is 0 Å². The lowest BCUT2D eigenvalue weighted by atomic mass is 10.1. The summed E-state index contributed by atoms with van der Waals surface area (Å²) in [7, 11) is 0. The van der Waals surface area contributed by atoms with Gasteiger partial charge in [0, 0.05) is 17.8 Å². The smallest absolute Gasteiger partial charge is 0.0381 e. The van der Waals surface area contributed by atoms with E-state index in [-0.39, 0.29) is 0 Å². The topological polar surface area (TPSA) is 12.0 Å². The van der Waals surface area contributed by atoms with E-state index < -0.39 is 0 Å². The second kappa shape index (κ2) is 23.6. The molecular weight excluding hydrogens is 350 g/mol. The van der Waals surface area contributed by atoms with Crippen LogP contribution in [0.3, 0.4) is 0 Å². The van der Waals surface area contributed by atoms with Crippen molar-refractivity contribution >= 4 is 5.69 Å². The fourth-order valence-corrected chi connectivity index (χ4v) is 1.75. The lowest BCUT2D eigenvalue weighted by molar-refractivity contribution is 1.11. The molecule has 0 amide bonds. The zero-order chi connectivity index (χ0) is 23.1. The Morgan fingerprint density at radius 3 is 1.52 bits per heavy atom. The molecule has 0 aliphatic carbocycles. The summed E-state index contributed by atoms with van der Waals surface area (Å²) in [6.07, 6.45) is 7.73. The van der Waals surface area contributed by atoms with E-state index in [9.17, 15) is 0 Å². The first-order valence-corrected chi connectivity index (χ1v) is 11.0. The van der Waals surface area contributed by atoms with Crippen molar-refractivity contribution in [2.24, 2.45) is 0 Å². The molecule has 0 radical (unpaired) electrons. The summed E-state index contributed by atoms with van der Waals surface area (Å²) in [4.78, 5) is 0. The molecule has 0 fully saturated rings. The van der Waals surface area contributed by atoms with E-state index in [1.54, 1.807) is 0 Å². The van der Waals surface area contributed by atoms with Gasteiger partial charge < -0.3 is 5.32 Å². The fraction of sp³-hybridized carbons (Fsp3) is 0.429. The van der Waals surface area contributed by atoms with Gasteiger partial charge in [0.1, 0.15) is 0 Å². The van der Waals surface area contributed by atoms with Gasteiger partial charge in [-0.15, -0.1) is 12.3 Å². The number of terminal acetylenes is 1. The molecule has 1 N–H and O–H groups in total. The molecule has 0 bridgehead atoms. The Morgan fingerprint density at radius 1 is 0.828 bits per heavy atom. The van der Waals surface area contributed by atoms with Gasteiger partial charge in [-0.3, -0.25) is 0 Å². The second-order valence-electron chi connectivity index (χ2n) is 5.84. The monoisotopic (exact) mass is 395 g/mol. The SMILES string of the molecule is C#CCC.C=C(CC)Nc1ccc(C)cc1.CC.CC.CCc1ccc(C)cc1. The van der Waals surface area contributed by atoms with Crippen LogP contribution in [-0.4, -0.2) is 0 Å². The molecule has 0 saturated heterocycles. The van der Waals surface area contributed by atoms with Crippen molar-refractivity contribution in [3.8, 4) is 12.3 Å². The molecule has 0 saturated carbocycles. The molecule has 0 unspecified atom stereocenters. The number of rotatable bonds is 4. The summed E-state index contributed by atoms with van der Waals surface area (Å²) in [5, 5.41) is 3.22. The van der Waals surface area contributed by atoms with Gasteiger partial charge in [0.15, 0.2) is 0 Å². The van der Waals surface area contributed by atoms with Crippen LogP contribution in [0.5, 0.6) is 0 Å². The predicted molar refractivity (Wildman–Crippen MR) is 137 cm³/mol. The third kappa shape index (κ3) is 20.1. The Kier molecular flexibility index (Phi) is 25.4. The van der Waals surface area contributed by atoms with Crippen molar-refractivity contribution in [2.45, 2.75) is 81.6 Å². The standard InChI is InChI=1S/C11H15N.C9H12.C4H6.2C2H6/c1-4-10(3)12-11-7-5-9(2)6-8-11;1-3-9-6-4-8(2)5-7-9;1-3-4-2;2*1-2/h5-8,12H,3-4H2,1-2H3;4-7H,3H2,1-2H3;1H,4H2,2H3;2*1-2H3. The lowest BCUT2D eigenvalue weighted by Gasteiger charge is -2.06. The number of anilines is 1. The molecule has 0 heterocycles. The predicted octanol–water partition coefficient (Wildman–Crippen LogP) is 8.97. The highest BCUT2D eigenvalue weighted by Crippen LogP contribution is 2.11. The first-order chi connectivity index (χ1) is 14.0. The Labute approximate surface area is 182 Å². The van der Waals surface area contributed by atoms with E-state index in [4.69, 9.17) is 6.42 Å². The Hall–Kier alpha value is -2.46. The molecule has 1 heteroatoms. The molecular formula is C28H45N. The number of aryl methyl sites for hydroxylation is 3. The number of hydrogen-bond donors (Lipinski definition) is 1. The molecule has 2 aromatic rings. The summed E-state index contributed by atoms with van der Waals surface area (Å²) >= 11 is 0. The molecule has 0 aliphatic heterocycles. The van der Waals surface area contributed by atoms with Crippen molar-refractivity contribution < 1.29 is 0 Å². The van der Waals surface area contributed by atoms with Crippen LogP contribution < -0.4 is 5.32 Å². The molecule has 0 aromatic heterocycles. The molecule has 2 aromatic carbocycles. The molecule has 1 nitrogen and oxygen atoms in total. The average molecular weight is 396 g/mol. The molecule has 0 atom stereocenters. The average Bonchev–Trinajstić information content (AvgIpc) is 2.79. The minimum absolute atomic E-state index is 0.847. The number of nitrogens with one attached hydrogen (secondary N) is 1. The van der Waals surface area contributed by atoms with E-state index in [0.717, 1.165) is 30.6 Å². The molecule has 162 valence electrons. The summed E-state index contributed by atoms with van der Waals surface area (Å²) < 4.78 is 0. The van der Waals surface area contributed by atoms with Gasteiger partial charge in [-0.1, -0.05) is 103 Å². The van der Waals surface area contributed by atoms with Crippen LogP contribution in [0, 0.1) is 26.2 Å². The van der Waals surface area contributed by atoms with Crippen molar-refractivity contribution in [2.75, 3.05) is 5.32 Å². The van der Waals surface area contributed by atoms with Crippen LogP contribution in [0.4, 0.5) is 5.69 Å². The Balaban J connectivity index is -0.000000351. The summed E-state index contributed by atoms with van der Waals surface area (Å²) in [6, 6.07) is 17.0. The van der Waals surface area contributed by atoms with Gasteiger partial charge in [0.05, 0.1) is 0 Å². The third-order valence-corrected chi connectivity index (χ3v) is 3.53. The zero-order valence-electron chi connectivity index (χ0n) is 20.5. The van der Waals surface area contributed by atoms with Gasteiger partial charge in [0.25, 0.3) is 0 Å². The first-order valence-electron chi connectivity index (χ1n) is 11.0. The summed E-state index contributed by atoms with van der Waals surface area (Å²) in [5.74, 6) is 2.43. The van der Waals surface area contributed by atoms with E-state index in [2.05, 4.69) is 94.0 Å². The maximum absolute atomic E-state index is 4.78. The Bertz CT molecular complexity index is 628. The van der Waals surface area contributed by atoms with Gasteiger partial charge in [-0.2, -0.15) is 0 Å². The summed E-state index contributed by atoms with van der Waals surface area (Å²) in [5.41, 5.74) is 6.21. The van der Waals surface area contributed by atoms with Crippen LogP contribution in [0.1, 0.15) is 78.0 Å². The van der Waals surface area contributed by atoms with E-state index >= 15 is 0 Å². The van der Waals surface area contributed by atoms with Gasteiger partial charge >= 0.3 is 0 Å². The van der Waals surface area contributed by atoms with E-state index in [1.165, 1.54) is 16.7 Å². The van der Waals surface area contributed by atoms with Crippen molar-refractivity contribution in [3.05, 3.63) is 77.5 Å². The molecule has 0 aliphatic rings. The number of allylic oxidation sites excluding steroid dienone is 1. The first kappa shape index (κ1) is 31.2. The fourth-order valence-electron chi connectivity index (χ4n) is 1.75. The maximum atomic E-state index is 4.78. The highest BCUT2D eigenvalue weighted by atomic mass is 14.9. The third-order valence-electron chi connectivity index (χ3n) is 3.53. The van der Waals surface area contributed by atoms with Crippen molar-refractivity contribution in [1.29, 1.82) is 0 Å². The van der Waals surface area contributed by atoms with Gasteiger partial charge in [-0.25, -0.2) is 0 Å². The Morgan fingerprint density at radius 2 is 1.21 bits per heavy atom. The van der Waals surface area contributed by atoms with Crippen LogP contribution in [-0.2, 0) is 6.42 Å². The minimum atomic E-state index is 0.847. The van der Waals surface area contributed by atoms with Crippen LogP contribution in [0.15, 0.2) is 60.8 Å². The molecule has 2 rings (SSSR count). The second-order valence-corrected chi connectivity index (χ2v) is 5.84. The summed E-state index contributed by atoms with van der Waals surface area (Å²) in [6.45, 7) is 22.3. The van der Waals surface area contributed by atoms with Crippen LogP contribution >= 0.6 is 0 Å². The number of hydrogen-bond acceptors (Lipinski definition) is 1. The maximum Gasteiger partial charge on any atom is 0.0381 e. The van der Waals surface area contributed by atoms with Gasteiger partial charge in [-0.05, 0) is 44.4 Å². The van der Waals surface area contributed by atoms with E-state index in [1.807, 2.05) is 34.6 Å². The lowest BCUT2D eigenvalue weighted by Crippen LogP contribution is -1.95. The van der Waals surface area contributed by atoms with Crippen molar-refractivity contribution in [1.82, 2.24) is 0 Å². The zero-order valence-corrected chi connectivity index (χ0v) is 20.5. The van der Waals surface area contributed by atoms with E-state index in [0.29, 0.717) is 0 Å². The highest BCUT2D eigenvalue weighted by Gasteiger charge is 1.91. The van der Waals surface area contributed by atoms with Crippen LogP contribution in [0.25, 0.3) is 0 Å². The minimum Gasteiger partial charge on any atom is -0.359 e. The highest BCUT2D eigenvalue weighted by molar-refractivity contribution is 5.48. The molecule has 0 spiro atoms. The van der Waals surface area contributed by atoms with Gasteiger partial charge in [0.2, 0.25) is 0 Å². The van der Waals surface area contributed by atoms with Crippen molar-refractivity contribution in [3.63, 3.8) is 0 Å². The molecule has 29 heavy (non-hydrogen) atoms.